The number of rotatable bonds is 0. The Morgan fingerprint density at radius 1 is 1.64 bits per heavy atom. The van der Waals surface area contributed by atoms with Crippen LogP contribution in [-0.2, 0) is 13.1 Å². The molecule has 0 radical (unpaired) electrons. The second kappa shape index (κ2) is 3.00. The molecule has 0 saturated heterocycles. The number of nitrogens with zero attached hydrogens (tertiary/aromatic N) is 3. The van der Waals surface area contributed by atoms with E-state index >= 15 is 0 Å². The lowest BCUT2D eigenvalue weighted by atomic mass is 10.1. The standard InChI is InChI=1S/C9H7N3O2/c10-3-8-7-5-12(9(13)14)4-6(7)1-2-11-8/h1-2H,4-5H2,(H,13,14). The highest BCUT2D eigenvalue weighted by molar-refractivity contribution is 5.66. The summed E-state index contributed by atoms with van der Waals surface area (Å²) in [4.78, 5) is 15.8. The van der Waals surface area contributed by atoms with Crippen LogP contribution in [0.25, 0.3) is 0 Å². The van der Waals surface area contributed by atoms with E-state index in [-0.39, 0.29) is 6.54 Å². The third-order valence-corrected chi connectivity index (χ3v) is 2.24. The average molecular weight is 189 g/mol. The lowest BCUT2D eigenvalue weighted by Crippen LogP contribution is -2.22. The van der Waals surface area contributed by atoms with E-state index in [1.165, 1.54) is 11.1 Å². The molecule has 0 bridgehead atoms. The highest BCUT2D eigenvalue weighted by Gasteiger charge is 2.25. The Labute approximate surface area is 80.2 Å². The molecule has 5 heteroatoms. The number of fused-ring (bicyclic) bond motifs is 1. The van der Waals surface area contributed by atoms with Gasteiger partial charge in [-0.25, -0.2) is 9.78 Å². The van der Waals surface area contributed by atoms with Crippen molar-refractivity contribution in [2.45, 2.75) is 13.1 Å². The molecule has 1 N–H and O–H groups in total. The maximum Gasteiger partial charge on any atom is 0.407 e. The topological polar surface area (TPSA) is 77.2 Å². The summed E-state index contributed by atoms with van der Waals surface area (Å²) < 4.78 is 0. The van der Waals surface area contributed by atoms with Crippen LogP contribution in [0.2, 0.25) is 0 Å². The monoisotopic (exact) mass is 189 g/mol. The van der Waals surface area contributed by atoms with Gasteiger partial charge in [-0.1, -0.05) is 0 Å². The molecule has 0 aromatic carbocycles. The predicted octanol–water partition coefficient (Wildman–Crippen LogP) is 0.947. The molecular formula is C9H7N3O2. The third-order valence-electron chi connectivity index (χ3n) is 2.24. The van der Waals surface area contributed by atoms with Crippen molar-refractivity contribution in [3.63, 3.8) is 0 Å². The molecule has 0 fully saturated rings. The summed E-state index contributed by atoms with van der Waals surface area (Å²) in [6, 6.07) is 3.71. The largest absolute Gasteiger partial charge is 0.465 e. The molecular weight excluding hydrogens is 182 g/mol. The Hall–Kier alpha value is -2.09. The van der Waals surface area contributed by atoms with Crippen LogP contribution in [0.4, 0.5) is 4.79 Å². The zero-order valence-corrected chi connectivity index (χ0v) is 7.27. The molecule has 1 aromatic rings. The highest BCUT2D eigenvalue weighted by Crippen LogP contribution is 2.23. The quantitative estimate of drug-likeness (QED) is 0.659. The Morgan fingerprint density at radius 3 is 3.07 bits per heavy atom. The molecule has 2 heterocycles. The average Bonchev–Trinajstić information content (AvgIpc) is 2.60. The lowest BCUT2D eigenvalue weighted by Gasteiger charge is -2.08. The van der Waals surface area contributed by atoms with Crippen LogP contribution in [0, 0.1) is 11.3 Å². The minimum absolute atomic E-state index is 0.265. The molecule has 1 amide bonds. The summed E-state index contributed by atoms with van der Waals surface area (Å²) in [7, 11) is 0. The van der Waals surface area contributed by atoms with Gasteiger partial charge in [-0.2, -0.15) is 5.26 Å². The van der Waals surface area contributed by atoms with Crippen LogP contribution in [0.5, 0.6) is 0 Å². The summed E-state index contributed by atoms with van der Waals surface area (Å²) >= 11 is 0. The van der Waals surface area contributed by atoms with Crippen molar-refractivity contribution in [3.8, 4) is 6.07 Å². The van der Waals surface area contributed by atoms with Crippen LogP contribution in [0.1, 0.15) is 16.8 Å². The predicted molar refractivity (Wildman–Crippen MR) is 46.2 cm³/mol. The van der Waals surface area contributed by atoms with E-state index in [0.29, 0.717) is 12.2 Å². The first-order chi connectivity index (χ1) is 6.72. The van der Waals surface area contributed by atoms with Crippen molar-refractivity contribution in [2.24, 2.45) is 0 Å². The van der Waals surface area contributed by atoms with Crippen molar-refractivity contribution in [2.75, 3.05) is 0 Å². The van der Waals surface area contributed by atoms with Gasteiger partial charge in [-0.15, -0.1) is 0 Å². The second-order valence-corrected chi connectivity index (χ2v) is 3.05. The molecule has 14 heavy (non-hydrogen) atoms. The molecule has 1 aliphatic rings. The van der Waals surface area contributed by atoms with E-state index < -0.39 is 6.09 Å². The summed E-state index contributed by atoms with van der Waals surface area (Å²) in [5.74, 6) is 0. The highest BCUT2D eigenvalue weighted by atomic mass is 16.4. The van der Waals surface area contributed by atoms with Gasteiger partial charge in [0.1, 0.15) is 11.8 Å². The Bertz CT molecular complexity index is 436. The van der Waals surface area contributed by atoms with Gasteiger partial charge in [-0.05, 0) is 11.6 Å². The SMILES string of the molecule is N#Cc1nccc2c1CN(C(=O)O)C2. The molecule has 1 aliphatic heterocycles. The van der Waals surface area contributed by atoms with Crippen molar-refractivity contribution in [3.05, 3.63) is 29.1 Å². The first-order valence-corrected chi connectivity index (χ1v) is 4.07. The number of hydrogen-bond acceptors (Lipinski definition) is 3. The minimum atomic E-state index is -0.968. The van der Waals surface area contributed by atoms with Crippen LogP contribution in [0.3, 0.4) is 0 Å². The van der Waals surface area contributed by atoms with Crippen molar-refractivity contribution >= 4 is 6.09 Å². The van der Waals surface area contributed by atoms with Crippen LogP contribution in [0.15, 0.2) is 12.3 Å². The molecule has 1 aromatic heterocycles. The number of amides is 1. The normalized spacial score (nSPS) is 13.5. The number of carbonyl (C=O) groups is 1. The lowest BCUT2D eigenvalue weighted by molar-refractivity contribution is 0.145. The zero-order chi connectivity index (χ0) is 10.1. The molecule has 0 aliphatic carbocycles. The Morgan fingerprint density at radius 2 is 2.43 bits per heavy atom. The van der Waals surface area contributed by atoms with E-state index in [0.717, 1.165) is 11.1 Å². The minimum Gasteiger partial charge on any atom is -0.465 e. The Balaban J connectivity index is 2.40. The number of nitriles is 1. The zero-order valence-electron chi connectivity index (χ0n) is 7.27. The number of pyridine rings is 1. The van der Waals surface area contributed by atoms with E-state index in [9.17, 15) is 4.79 Å². The first-order valence-electron chi connectivity index (χ1n) is 4.07. The van der Waals surface area contributed by atoms with Gasteiger partial charge in [0.15, 0.2) is 0 Å². The number of aromatic nitrogens is 1. The van der Waals surface area contributed by atoms with Gasteiger partial charge >= 0.3 is 6.09 Å². The molecule has 2 rings (SSSR count). The number of carboxylic acid groups (broad SMARTS) is 1. The summed E-state index contributed by atoms with van der Waals surface area (Å²) in [6.07, 6.45) is 0.563. The van der Waals surface area contributed by atoms with Gasteiger partial charge in [0.05, 0.1) is 6.54 Å². The summed E-state index contributed by atoms with van der Waals surface area (Å²) in [5.41, 5.74) is 1.93. The molecule has 0 spiro atoms. The fourth-order valence-electron chi connectivity index (χ4n) is 1.54. The van der Waals surface area contributed by atoms with E-state index in [2.05, 4.69) is 4.98 Å². The van der Waals surface area contributed by atoms with Gasteiger partial charge in [0, 0.05) is 18.3 Å². The molecule has 0 atom stereocenters. The van der Waals surface area contributed by atoms with E-state index in [4.69, 9.17) is 10.4 Å². The van der Waals surface area contributed by atoms with Crippen LogP contribution >= 0.6 is 0 Å². The molecule has 70 valence electrons. The maximum atomic E-state index is 10.7. The van der Waals surface area contributed by atoms with Gasteiger partial charge in [0.25, 0.3) is 0 Å². The van der Waals surface area contributed by atoms with Crippen molar-refractivity contribution < 1.29 is 9.90 Å². The summed E-state index contributed by atoms with van der Waals surface area (Å²) in [6.45, 7) is 0.614. The Kier molecular flexibility index (Phi) is 1.82. The van der Waals surface area contributed by atoms with Gasteiger partial charge in [0.2, 0.25) is 0 Å². The van der Waals surface area contributed by atoms with Crippen LogP contribution in [-0.4, -0.2) is 21.1 Å². The summed E-state index contributed by atoms with van der Waals surface area (Å²) in [5, 5.41) is 17.5. The molecule has 0 saturated carbocycles. The van der Waals surface area contributed by atoms with Gasteiger partial charge < -0.3 is 5.11 Å². The number of hydrogen-bond donors (Lipinski definition) is 1. The smallest absolute Gasteiger partial charge is 0.407 e. The van der Waals surface area contributed by atoms with Crippen molar-refractivity contribution in [1.29, 1.82) is 5.26 Å². The third kappa shape index (κ3) is 1.17. The molecule has 0 unspecified atom stereocenters. The fraction of sp³-hybridized carbons (Fsp3) is 0.222. The second-order valence-electron chi connectivity index (χ2n) is 3.05. The van der Waals surface area contributed by atoms with Crippen LogP contribution < -0.4 is 0 Å². The van der Waals surface area contributed by atoms with Gasteiger partial charge in [-0.3, -0.25) is 4.90 Å². The van der Waals surface area contributed by atoms with Crippen molar-refractivity contribution in [1.82, 2.24) is 9.88 Å². The first kappa shape index (κ1) is 8.51. The van der Waals surface area contributed by atoms with E-state index in [1.54, 1.807) is 6.07 Å². The maximum absolute atomic E-state index is 10.7. The molecule has 5 nitrogen and oxygen atoms in total. The fourth-order valence-corrected chi connectivity index (χ4v) is 1.54. The van der Waals surface area contributed by atoms with E-state index in [1.807, 2.05) is 6.07 Å².